The molecule has 1 aliphatic rings. The summed E-state index contributed by atoms with van der Waals surface area (Å²) in [5.74, 6) is -0.986. The molecule has 1 fully saturated rings. The molecule has 0 bridgehead atoms. The smallest absolute Gasteiger partial charge is 0.307 e. The van der Waals surface area contributed by atoms with E-state index in [0.717, 1.165) is 32.4 Å². The summed E-state index contributed by atoms with van der Waals surface area (Å²) in [7, 11) is 0. The van der Waals surface area contributed by atoms with E-state index in [9.17, 15) is 14.9 Å². The number of rotatable bonds is 4. The molecule has 0 saturated carbocycles. The van der Waals surface area contributed by atoms with Crippen LogP contribution in [-0.2, 0) is 11.2 Å². The van der Waals surface area contributed by atoms with Gasteiger partial charge in [-0.1, -0.05) is 6.07 Å². The third kappa shape index (κ3) is 3.21. The summed E-state index contributed by atoms with van der Waals surface area (Å²) in [6.07, 6.45) is 3.03. The fourth-order valence-electron chi connectivity index (χ4n) is 2.40. The number of benzene rings is 1. The summed E-state index contributed by atoms with van der Waals surface area (Å²) >= 11 is 0. The Morgan fingerprint density at radius 3 is 2.58 bits per heavy atom. The van der Waals surface area contributed by atoms with Gasteiger partial charge in [0.15, 0.2) is 0 Å². The van der Waals surface area contributed by atoms with Gasteiger partial charge in [0.2, 0.25) is 0 Å². The van der Waals surface area contributed by atoms with Crippen LogP contribution in [0.25, 0.3) is 0 Å². The lowest BCUT2D eigenvalue weighted by Gasteiger charge is -2.28. The van der Waals surface area contributed by atoms with E-state index < -0.39 is 10.9 Å². The fraction of sp³-hybridized carbons (Fsp3) is 0.462. The van der Waals surface area contributed by atoms with Crippen LogP contribution < -0.4 is 4.90 Å². The van der Waals surface area contributed by atoms with Crippen molar-refractivity contribution in [2.45, 2.75) is 25.7 Å². The molecule has 1 aliphatic heterocycles. The van der Waals surface area contributed by atoms with E-state index in [2.05, 4.69) is 0 Å². The number of nitrogens with zero attached hydrogens (tertiary/aromatic N) is 2. The lowest BCUT2D eigenvalue weighted by molar-refractivity contribution is -0.384. The summed E-state index contributed by atoms with van der Waals surface area (Å²) in [6.45, 7) is 1.64. The first-order valence-corrected chi connectivity index (χ1v) is 6.32. The number of aliphatic carboxylic acids is 1. The van der Waals surface area contributed by atoms with E-state index in [0.29, 0.717) is 11.3 Å². The number of carbonyl (C=O) groups is 1. The summed E-state index contributed by atoms with van der Waals surface area (Å²) in [4.78, 5) is 23.4. The van der Waals surface area contributed by atoms with Crippen LogP contribution in [0.4, 0.5) is 11.4 Å². The van der Waals surface area contributed by atoms with Gasteiger partial charge in [-0.2, -0.15) is 0 Å². The second-order valence-corrected chi connectivity index (χ2v) is 4.70. The molecule has 0 atom stereocenters. The predicted octanol–water partition coefficient (Wildman–Crippen LogP) is 2.21. The van der Waals surface area contributed by atoms with Crippen LogP contribution >= 0.6 is 0 Å². The number of hydrogen-bond acceptors (Lipinski definition) is 4. The number of nitro benzene ring substituents is 1. The number of piperidine rings is 1. The number of nitro groups is 1. The van der Waals surface area contributed by atoms with Gasteiger partial charge < -0.3 is 10.0 Å². The summed E-state index contributed by atoms with van der Waals surface area (Å²) < 4.78 is 0. The van der Waals surface area contributed by atoms with Crippen LogP contribution in [0.15, 0.2) is 18.2 Å². The zero-order valence-electron chi connectivity index (χ0n) is 10.5. The average Bonchev–Trinajstić information content (AvgIpc) is 2.39. The van der Waals surface area contributed by atoms with Gasteiger partial charge in [0.05, 0.1) is 11.3 Å². The van der Waals surface area contributed by atoms with E-state index in [1.807, 2.05) is 4.90 Å². The maximum absolute atomic E-state index is 11.1. The molecule has 2 rings (SSSR count). The molecule has 1 saturated heterocycles. The number of hydrogen-bond donors (Lipinski definition) is 1. The molecule has 1 aromatic rings. The van der Waals surface area contributed by atoms with Crippen molar-refractivity contribution >= 4 is 17.3 Å². The third-order valence-corrected chi connectivity index (χ3v) is 3.29. The molecule has 0 aromatic heterocycles. The van der Waals surface area contributed by atoms with E-state index in [-0.39, 0.29) is 12.1 Å². The molecule has 0 radical (unpaired) electrons. The van der Waals surface area contributed by atoms with Gasteiger partial charge >= 0.3 is 5.97 Å². The first-order chi connectivity index (χ1) is 9.08. The van der Waals surface area contributed by atoms with Crippen molar-refractivity contribution in [3.63, 3.8) is 0 Å². The first kappa shape index (κ1) is 13.3. The van der Waals surface area contributed by atoms with Crippen LogP contribution in [0.5, 0.6) is 0 Å². The SMILES string of the molecule is O=C(O)Cc1ccc(N2CCCCC2)c([N+](=O)[O-])c1. The Bertz CT molecular complexity index is 495. The van der Waals surface area contributed by atoms with Crippen LogP contribution in [0.3, 0.4) is 0 Å². The van der Waals surface area contributed by atoms with Gasteiger partial charge in [-0.3, -0.25) is 14.9 Å². The van der Waals surface area contributed by atoms with Crippen molar-refractivity contribution in [2.75, 3.05) is 18.0 Å². The maximum atomic E-state index is 11.1. The second-order valence-electron chi connectivity index (χ2n) is 4.70. The van der Waals surface area contributed by atoms with Crippen LogP contribution in [0.2, 0.25) is 0 Å². The molecule has 0 spiro atoms. The quantitative estimate of drug-likeness (QED) is 0.665. The molecule has 0 unspecified atom stereocenters. The van der Waals surface area contributed by atoms with Crippen molar-refractivity contribution in [3.05, 3.63) is 33.9 Å². The van der Waals surface area contributed by atoms with Gasteiger partial charge in [0.25, 0.3) is 5.69 Å². The minimum Gasteiger partial charge on any atom is -0.481 e. The van der Waals surface area contributed by atoms with Crippen molar-refractivity contribution in [2.24, 2.45) is 0 Å². The minimum atomic E-state index is -0.986. The monoisotopic (exact) mass is 264 g/mol. The highest BCUT2D eigenvalue weighted by Gasteiger charge is 2.21. The average molecular weight is 264 g/mol. The van der Waals surface area contributed by atoms with Gasteiger partial charge in [-0.15, -0.1) is 0 Å². The second kappa shape index (κ2) is 5.69. The Morgan fingerprint density at radius 2 is 2.00 bits per heavy atom. The molecule has 6 heteroatoms. The topological polar surface area (TPSA) is 83.7 Å². The molecule has 0 aliphatic carbocycles. The van der Waals surface area contributed by atoms with E-state index >= 15 is 0 Å². The van der Waals surface area contributed by atoms with Crippen molar-refractivity contribution < 1.29 is 14.8 Å². The standard InChI is InChI=1S/C13H16N2O4/c16-13(17)9-10-4-5-11(12(8-10)15(18)19)14-6-2-1-3-7-14/h4-5,8H,1-3,6-7,9H2,(H,16,17). The van der Waals surface area contributed by atoms with Crippen LogP contribution in [-0.4, -0.2) is 29.1 Å². The number of anilines is 1. The summed E-state index contributed by atoms with van der Waals surface area (Å²) in [6, 6.07) is 4.70. The lowest BCUT2D eigenvalue weighted by Crippen LogP contribution is -2.30. The van der Waals surface area contributed by atoms with E-state index in [1.165, 1.54) is 6.07 Å². The van der Waals surface area contributed by atoms with E-state index in [1.54, 1.807) is 12.1 Å². The van der Waals surface area contributed by atoms with Gasteiger partial charge in [0, 0.05) is 19.2 Å². The Hall–Kier alpha value is -2.11. The molecule has 1 heterocycles. The minimum absolute atomic E-state index is 0.000602. The Labute approximate surface area is 110 Å². The largest absolute Gasteiger partial charge is 0.481 e. The maximum Gasteiger partial charge on any atom is 0.307 e. The van der Waals surface area contributed by atoms with Crippen molar-refractivity contribution in [3.8, 4) is 0 Å². The van der Waals surface area contributed by atoms with Gasteiger partial charge in [-0.05, 0) is 30.9 Å². The molecule has 1 aromatic carbocycles. The highest BCUT2D eigenvalue weighted by Crippen LogP contribution is 2.31. The predicted molar refractivity (Wildman–Crippen MR) is 70.5 cm³/mol. The van der Waals surface area contributed by atoms with Crippen LogP contribution in [0.1, 0.15) is 24.8 Å². The molecular weight excluding hydrogens is 248 g/mol. The van der Waals surface area contributed by atoms with Gasteiger partial charge in [0.1, 0.15) is 5.69 Å². The third-order valence-electron chi connectivity index (χ3n) is 3.29. The molecule has 19 heavy (non-hydrogen) atoms. The number of carboxylic acids is 1. The normalized spacial score (nSPS) is 15.3. The zero-order valence-corrected chi connectivity index (χ0v) is 10.5. The summed E-state index contributed by atoms with van der Waals surface area (Å²) in [5, 5.41) is 19.9. The first-order valence-electron chi connectivity index (χ1n) is 6.32. The molecular formula is C13H16N2O4. The van der Waals surface area contributed by atoms with E-state index in [4.69, 9.17) is 5.11 Å². The van der Waals surface area contributed by atoms with Gasteiger partial charge in [-0.25, -0.2) is 0 Å². The highest BCUT2D eigenvalue weighted by molar-refractivity contribution is 5.72. The van der Waals surface area contributed by atoms with Crippen molar-refractivity contribution in [1.82, 2.24) is 0 Å². The molecule has 6 nitrogen and oxygen atoms in total. The van der Waals surface area contributed by atoms with Crippen LogP contribution in [0, 0.1) is 10.1 Å². The molecule has 0 amide bonds. The molecule has 102 valence electrons. The lowest BCUT2D eigenvalue weighted by atomic mass is 10.1. The Balaban J connectivity index is 2.31. The van der Waals surface area contributed by atoms with Crippen molar-refractivity contribution in [1.29, 1.82) is 0 Å². The zero-order chi connectivity index (χ0) is 13.8. The Kier molecular flexibility index (Phi) is 3.99. The highest BCUT2D eigenvalue weighted by atomic mass is 16.6. The number of carboxylic acid groups (broad SMARTS) is 1. The fourth-order valence-corrected chi connectivity index (χ4v) is 2.40. The summed E-state index contributed by atoms with van der Waals surface area (Å²) in [5.41, 5.74) is 1.06. The Morgan fingerprint density at radius 1 is 1.32 bits per heavy atom. The molecule has 1 N–H and O–H groups in total.